The predicted molar refractivity (Wildman–Crippen MR) is 78.6 cm³/mol. The van der Waals surface area contributed by atoms with E-state index in [9.17, 15) is 0 Å². The fraction of sp³-hybridized carbons (Fsp3) is 1.00. The van der Waals surface area contributed by atoms with Crippen molar-refractivity contribution in [3.63, 3.8) is 0 Å². The van der Waals surface area contributed by atoms with Crippen LogP contribution in [0.15, 0.2) is 0 Å². The molecule has 1 heterocycles. The molecule has 4 aliphatic rings. The molecule has 5 atom stereocenters. The number of epoxide rings is 1. The zero-order valence-corrected chi connectivity index (χ0v) is 13.9. The molecule has 3 saturated carbocycles. The predicted octanol–water partition coefficient (Wildman–Crippen LogP) is 4.94. The summed E-state index contributed by atoms with van der Waals surface area (Å²) >= 11 is 13.4. The molecule has 0 aromatic rings. The minimum atomic E-state index is -0.532. The van der Waals surface area contributed by atoms with Crippen molar-refractivity contribution in [1.29, 1.82) is 0 Å². The van der Waals surface area contributed by atoms with Crippen LogP contribution in [0.1, 0.15) is 59.8 Å². The van der Waals surface area contributed by atoms with Gasteiger partial charge >= 0.3 is 0 Å². The van der Waals surface area contributed by atoms with E-state index in [4.69, 9.17) is 27.9 Å². The number of fused-ring (bicyclic) bond motifs is 2. The summed E-state index contributed by atoms with van der Waals surface area (Å²) in [4.78, 5) is 0. The van der Waals surface area contributed by atoms with Gasteiger partial charge in [-0.15, -0.1) is 23.2 Å². The fourth-order valence-electron chi connectivity index (χ4n) is 5.85. The van der Waals surface area contributed by atoms with Crippen molar-refractivity contribution in [1.82, 2.24) is 0 Å². The first-order valence-corrected chi connectivity index (χ1v) is 8.44. The van der Waals surface area contributed by atoms with E-state index in [0.29, 0.717) is 11.8 Å². The molecule has 0 N–H and O–H groups in total. The summed E-state index contributed by atoms with van der Waals surface area (Å²) in [6, 6.07) is 0. The third-order valence-corrected chi connectivity index (χ3v) is 8.52. The lowest BCUT2D eigenvalue weighted by molar-refractivity contribution is 0.0254. The number of hydrogen-bond acceptors (Lipinski definition) is 1. The first kappa shape index (κ1) is 13.2. The molecule has 1 saturated heterocycles. The van der Waals surface area contributed by atoms with Gasteiger partial charge in [0.25, 0.3) is 0 Å². The van der Waals surface area contributed by atoms with Crippen LogP contribution in [-0.4, -0.2) is 15.5 Å². The standard InChI is InChI=1S/C16H24Cl2O/c1-12(2)6-5-7-14(4)15(19-14)9-8-13(3)11(10(12)15)16(13,17)18/h10-11H,5-9H2,1-4H3. The van der Waals surface area contributed by atoms with Crippen molar-refractivity contribution in [3.8, 4) is 0 Å². The number of ether oxygens (including phenoxy) is 1. The molecule has 5 unspecified atom stereocenters. The van der Waals surface area contributed by atoms with Crippen molar-refractivity contribution in [2.24, 2.45) is 22.7 Å². The van der Waals surface area contributed by atoms with Crippen LogP contribution < -0.4 is 0 Å². The van der Waals surface area contributed by atoms with E-state index in [0.717, 1.165) is 12.8 Å². The summed E-state index contributed by atoms with van der Waals surface area (Å²) in [6.07, 6.45) is 6.00. The fourth-order valence-corrected chi connectivity index (χ4v) is 6.90. The molecule has 3 heteroatoms. The number of rotatable bonds is 0. The van der Waals surface area contributed by atoms with Gasteiger partial charge in [0, 0.05) is 17.3 Å². The first-order chi connectivity index (χ1) is 8.61. The van der Waals surface area contributed by atoms with Gasteiger partial charge in [-0.05, 0) is 44.4 Å². The highest BCUT2D eigenvalue weighted by molar-refractivity contribution is 6.52. The molecule has 19 heavy (non-hydrogen) atoms. The van der Waals surface area contributed by atoms with Gasteiger partial charge in [-0.25, -0.2) is 0 Å². The lowest BCUT2D eigenvalue weighted by atomic mass is 9.60. The van der Waals surface area contributed by atoms with Crippen LogP contribution in [0.3, 0.4) is 0 Å². The SMILES string of the molecule is CC1(C)CCCC2(C)OC23CCC2(C)C(C13)C2(Cl)Cl. The highest BCUT2D eigenvalue weighted by Crippen LogP contribution is 2.84. The molecule has 1 spiro atoms. The molecule has 0 bridgehead atoms. The van der Waals surface area contributed by atoms with Gasteiger partial charge in [0.15, 0.2) is 0 Å². The van der Waals surface area contributed by atoms with Crippen molar-refractivity contribution in [2.75, 3.05) is 0 Å². The van der Waals surface area contributed by atoms with E-state index in [1.54, 1.807) is 0 Å². The monoisotopic (exact) mass is 302 g/mol. The molecule has 4 fully saturated rings. The van der Waals surface area contributed by atoms with E-state index < -0.39 is 4.33 Å². The van der Waals surface area contributed by atoms with Gasteiger partial charge in [0.1, 0.15) is 9.93 Å². The molecule has 4 rings (SSSR count). The maximum Gasteiger partial charge on any atom is 0.127 e. The zero-order chi connectivity index (χ0) is 13.9. The van der Waals surface area contributed by atoms with Crippen LogP contribution in [0.4, 0.5) is 0 Å². The minimum Gasteiger partial charge on any atom is -0.362 e. The Labute approximate surface area is 126 Å². The Morgan fingerprint density at radius 2 is 1.58 bits per heavy atom. The zero-order valence-electron chi connectivity index (χ0n) is 12.4. The Bertz CT molecular complexity index is 460. The van der Waals surface area contributed by atoms with Crippen LogP contribution in [0, 0.1) is 22.7 Å². The minimum absolute atomic E-state index is 0.0721. The van der Waals surface area contributed by atoms with E-state index in [-0.39, 0.29) is 22.0 Å². The second kappa shape index (κ2) is 3.15. The molecular weight excluding hydrogens is 279 g/mol. The van der Waals surface area contributed by atoms with Gasteiger partial charge in [-0.1, -0.05) is 20.8 Å². The largest absolute Gasteiger partial charge is 0.362 e. The summed E-state index contributed by atoms with van der Waals surface area (Å²) in [5.41, 5.74) is 0.564. The number of halogens is 2. The average Bonchev–Trinajstić information content (AvgIpc) is 3.00. The summed E-state index contributed by atoms with van der Waals surface area (Å²) < 4.78 is 5.86. The van der Waals surface area contributed by atoms with Crippen molar-refractivity contribution in [2.45, 2.75) is 75.3 Å². The van der Waals surface area contributed by atoms with Gasteiger partial charge in [-0.2, -0.15) is 0 Å². The van der Waals surface area contributed by atoms with Crippen LogP contribution in [0.5, 0.6) is 0 Å². The van der Waals surface area contributed by atoms with Crippen LogP contribution >= 0.6 is 23.2 Å². The van der Waals surface area contributed by atoms with Crippen molar-refractivity contribution < 1.29 is 4.74 Å². The Morgan fingerprint density at radius 1 is 0.895 bits per heavy atom. The summed E-state index contributed by atoms with van der Waals surface area (Å²) in [6.45, 7) is 9.41. The van der Waals surface area contributed by atoms with Gasteiger partial charge in [0.2, 0.25) is 0 Å². The molecule has 1 nitrogen and oxygen atoms in total. The quantitative estimate of drug-likeness (QED) is 0.456. The van der Waals surface area contributed by atoms with E-state index in [1.165, 1.54) is 19.3 Å². The molecular formula is C16H24Cl2O. The Hall–Kier alpha value is 0.540. The Morgan fingerprint density at radius 3 is 2.26 bits per heavy atom. The summed E-state index contributed by atoms with van der Waals surface area (Å²) in [5, 5.41) is 0. The highest BCUT2D eigenvalue weighted by Gasteiger charge is 2.87. The summed E-state index contributed by atoms with van der Waals surface area (Å²) in [5.74, 6) is 0.924. The third-order valence-electron chi connectivity index (χ3n) is 7.18. The van der Waals surface area contributed by atoms with Gasteiger partial charge < -0.3 is 4.74 Å². The van der Waals surface area contributed by atoms with Gasteiger partial charge in [-0.3, -0.25) is 0 Å². The molecule has 0 aromatic carbocycles. The molecule has 108 valence electrons. The highest BCUT2D eigenvalue weighted by atomic mass is 35.5. The lowest BCUT2D eigenvalue weighted by Gasteiger charge is -2.42. The van der Waals surface area contributed by atoms with E-state index >= 15 is 0 Å². The lowest BCUT2D eigenvalue weighted by Crippen LogP contribution is -2.44. The van der Waals surface area contributed by atoms with Crippen LogP contribution in [0.2, 0.25) is 0 Å². The maximum absolute atomic E-state index is 6.69. The molecule has 0 amide bonds. The summed E-state index contributed by atoms with van der Waals surface area (Å²) in [7, 11) is 0. The molecule has 3 aliphatic carbocycles. The normalized spacial score (nSPS) is 60.3. The van der Waals surface area contributed by atoms with Crippen LogP contribution in [0.25, 0.3) is 0 Å². The second-order valence-electron chi connectivity index (χ2n) is 8.56. The third kappa shape index (κ3) is 1.26. The second-order valence-corrected chi connectivity index (χ2v) is 9.95. The number of hydrogen-bond donors (Lipinski definition) is 0. The Balaban J connectivity index is 1.83. The van der Waals surface area contributed by atoms with Crippen LogP contribution in [-0.2, 0) is 4.74 Å². The first-order valence-electron chi connectivity index (χ1n) is 7.69. The number of alkyl halides is 2. The van der Waals surface area contributed by atoms with Crippen molar-refractivity contribution >= 4 is 23.2 Å². The smallest absolute Gasteiger partial charge is 0.127 e. The van der Waals surface area contributed by atoms with E-state index in [1.807, 2.05) is 0 Å². The molecule has 0 aromatic heterocycles. The maximum atomic E-state index is 6.69. The average molecular weight is 303 g/mol. The molecule has 1 aliphatic heterocycles. The topological polar surface area (TPSA) is 12.5 Å². The van der Waals surface area contributed by atoms with E-state index in [2.05, 4.69) is 27.7 Å². The van der Waals surface area contributed by atoms with Gasteiger partial charge in [0.05, 0.1) is 5.60 Å². The van der Waals surface area contributed by atoms with Crippen molar-refractivity contribution in [3.05, 3.63) is 0 Å². The molecule has 0 radical (unpaired) electrons. The Kier molecular flexibility index (Phi) is 2.19.